The second-order valence-electron chi connectivity index (χ2n) is 6.76. The number of carbonyl (C=O) groups excluding carboxylic acids is 2. The molecule has 0 rings (SSSR count). The zero-order valence-corrected chi connectivity index (χ0v) is 14.6. The third-order valence-electron chi connectivity index (χ3n) is 2.74. The SMILES string of the molecule is CC(C)OCCN(CCC(=O)C(C)C)C(=O)OC(C)(C)C. The number of amides is 1. The van der Waals surface area contributed by atoms with Crippen molar-refractivity contribution in [3.8, 4) is 0 Å². The Labute approximate surface area is 129 Å². The van der Waals surface area contributed by atoms with Gasteiger partial charge in [-0.25, -0.2) is 4.79 Å². The van der Waals surface area contributed by atoms with E-state index in [9.17, 15) is 9.59 Å². The van der Waals surface area contributed by atoms with Crippen molar-refractivity contribution in [1.29, 1.82) is 0 Å². The lowest BCUT2D eigenvalue weighted by molar-refractivity contribution is -0.122. The van der Waals surface area contributed by atoms with Crippen molar-refractivity contribution in [1.82, 2.24) is 4.90 Å². The highest BCUT2D eigenvalue weighted by atomic mass is 16.6. The van der Waals surface area contributed by atoms with Crippen molar-refractivity contribution in [2.75, 3.05) is 19.7 Å². The molecule has 5 heteroatoms. The molecule has 0 aromatic rings. The third-order valence-corrected chi connectivity index (χ3v) is 2.74. The van der Waals surface area contributed by atoms with Crippen molar-refractivity contribution in [3.05, 3.63) is 0 Å². The van der Waals surface area contributed by atoms with Crippen LogP contribution in [0, 0.1) is 5.92 Å². The molecule has 1 amide bonds. The first kappa shape index (κ1) is 19.9. The molecule has 0 unspecified atom stereocenters. The van der Waals surface area contributed by atoms with E-state index in [2.05, 4.69) is 0 Å². The molecule has 0 spiro atoms. The maximum Gasteiger partial charge on any atom is 0.410 e. The lowest BCUT2D eigenvalue weighted by atomic mass is 10.1. The van der Waals surface area contributed by atoms with Crippen LogP contribution in [0.4, 0.5) is 4.79 Å². The first-order chi connectivity index (χ1) is 9.53. The molecule has 124 valence electrons. The van der Waals surface area contributed by atoms with Gasteiger partial charge in [-0.3, -0.25) is 4.79 Å². The molecule has 0 aliphatic carbocycles. The normalized spacial score (nSPS) is 11.9. The number of hydrogen-bond acceptors (Lipinski definition) is 4. The van der Waals surface area contributed by atoms with Crippen molar-refractivity contribution >= 4 is 11.9 Å². The van der Waals surface area contributed by atoms with Crippen LogP contribution in [0.25, 0.3) is 0 Å². The fourth-order valence-corrected chi connectivity index (χ4v) is 1.55. The van der Waals surface area contributed by atoms with Gasteiger partial charge in [0.05, 0.1) is 12.7 Å². The summed E-state index contributed by atoms with van der Waals surface area (Å²) in [5.41, 5.74) is -0.545. The van der Waals surface area contributed by atoms with Crippen LogP contribution in [0.2, 0.25) is 0 Å². The van der Waals surface area contributed by atoms with Gasteiger partial charge in [0.15, 0.2) is 0 Å². The second-order valence-corrected chi connectivity index (χ2v) is 6.76. The van der Waals surface area contributed by atoms with Crippen LogP contribution in [-0.2, 0) is 14.3 Å². The molecule has 0 saturated heterocycles. The number of carbonyl (C=O) groups is 2. The van der Waals surface area contributed by atoms with Gasteiger partial charge in [-0.1, -0.05) is 13.8 Å². The van der Waals surface area contributed by atoms with Crippen LogP contribution >= 0.6 is 0 Å². The summed E-state index contributed by atoms with van der Waals surface area (Å²) < 4.78 is 10.8. The average Bonchev–Trinajstić information content (AvgIpc) is 2.29. The quantitative estimate of drug-likeness (QED) is 0.690. The Hall–Kier alpha value is -1.10. The number of hydrogen-bond donors (Lipinski definition) is 0. The van der Waals surface area contributed by atoms with E-state index in [1.165, 1.54) is 0 Å². The summed E-state index contributed by atoms with van der Waals surface area (Å²) in [5, 5.41) is 0. The smallest absolute Gasteiger partial charge is 0.410 e. The van der Waals surface area contributed by atoms with Crippen LogP contribution in [0.5, 0.6) is 0 Å². The molecule has 5 nitrogen and oxygen atoms in total. The molecule has 0 aromatic heterocycles. The lowest BCUT2D eigenvalue weighted by Gasteiger charge is -2.27. The van der Waals surface area contributed by atoms with Gasteiger partial charge >= 0.3 is 6.09 Å². The van der Waals surface area contributed by atoms with Crippen LogP contribution in [0.15, 0.2) is 0 Å². The summed E-state index contributed by atoms with van der Waals surface area (Å²) in [6.45, 7) is 14.3. The number of ether oxygens (including phenoxy) is 2. The molecule has 0 heterocycles. The Morgan fingerprint density at radius 2 is 1.62 bits per heavy atom. The molecule has 0 fully saturated rings. The van der Waals surface area contributed by atoms with E-state index in [0.717, 1.165) is 0 Å². The second kappa shape index (κ2) is 9.03. The van der Waals surface area contributed by atoms with Gasteiger partial charge in [0.25, 0.3) is 0 Å². The Kier molecular flexibility index (Phi) is 8.55. The molecule has 0 aromatic carbocycles. The first-order valence-corrected chi connectivity index (χ1v) is 7.65. The first-order valence-electron chi connectivity index (χ1n) is 7.65. The number of rotatable bonds is 8. The van der Waals surface area contributed by atoms with E-state index in [1.54, 1.807) is 4.90 Å². The van der Waals surface area contributed by atoms with E-state index in [4.69, 9.17) is 9.47 Å². The minimum atomic E-state index is -0.545. The number of ketones is 1. The molecule has 21 heavy (non-hydrogen) atoms. The standard InChI is InChI=1S/C16H31NO4/c1-12(2)14(18)8-9-17(10-11-20-13(3)4)15(19)21-16(5,6)7/h12-13H,8-11H2,1-7H3. The van der Waals surface area contributed by atoms with Crippen LogP contribution in [-0.4, -0.2) is 48.2 Å². The summed E-state index contributed by atoms with van der Waals surface area (Å²) >= 11 is 0. The van der Waals surface area contributed by atoms with Crippen LogP contribution < -0.4 is 0 Å². The van der Waals surface area contributed by atoms with Crippen LogP contribution in [0.3, 0.4) is 0 Å². The maximum absolute atomic E-state index is 12.2. The van der Waals surface area contributed by atoms with Gasteiger partial charge < -0.3 is 14.4 Å². The van der Waals surface area contributed by atoms with E-state index < -0.39 is 11.7 Å². The summed E-state index contributed by atoms with van der Waals surface area (Å²) in [4.78, 5) is 25.4. The van der Waals surface area contributed by atoms with Crippen molar-refractivity contribution in [2.45, 2.75) is 66.6 Å². The Bertz CT molecular complexity index is 332. The average molecular weight is 301 g/mol. The lowest BCUT2D eigenvalue weighted by Crippen LogP contribution is -2.40. The third kappa shape index (κ3) is 10.3. The van der Waals surface area contributed by atoms with E-state index in [1.807, 2.05) is 48.5 Å². The monoisotopic (exact) mass is 301 g/mol. The Balaban J connectivity index is 4.53. The molecule has 0 saturated carbocycles. The molecule has 0 aliphatic heterocycles. The highest BCUT2D eigenvalue weighted by Crippen LogP contribution is 2.11. The molecule has 0 aliphatic rings. The minimum absolute atomic E-state index is 0.0163. The largest absolute Gasteiger partial charge is 0.444 e. The fourth-order valence-electron chi connectivity index (χ4n) is 1.55. The molecule has 0 N–H and O–H groups in total. The van der Waals surface area contributed by atoms with Gasteiger partial charge in [0.1, 0.15) is 11.4 Å². The van der Waals surface area contributed by atoms with Gasteiger partial charge in [-0.05, 0) is 34.6 Å². The van der Waals surface area contributed by atoms with E-state index in [-0.39, 0.29) is 17.8 Å². The molecule has 0 atom stereocenters. The molecule has 0 radical (unpaired) electrons. The van der Waals surface area contributed by atoms with Gasteiger partial charge in [-0.2, -0.15) is 0 Å². The zero-order valence-electron chi connectivity index (χ0n) is 14.6. The Morgan fingerprint density at radius 1 is 1.05 bits per heavy atom. The maximum atomic E-state index is 12.2. The van der Waals surface area contributed by atoms with Gasteiger partial charge in [0.2, 0.25) is 0 Å². The summed E-state index contributed by atoms with van der Waals surface area (Å²) in [6, 6.07) is 0. The zero-order chi connectivity index (χ0) is 16.6. The van der Waals surface area contributed by atoms with E-state index in [0.29, 0.717) is 26.1 Å². The number of Topliss-reactive ketones (excluding diaryl/α,β-unsaturated/α-hetero) is 1. The molecular weight excluding hydrogens is 270 g/mol. The van der Waals surface area contributed by atoms with Gasteiger partial charge in [-0.15, -0.1) is 0 Å². The predicted octanol–water partition coefficient (Wildman–Crippen LogP) is 3.26. The van der Waals surface area contributed by atoms with Crippen molar-refractivity contribution < 1.29 is 19.1 Å². The topological polar surface area (TPSA) is 55.8 Å². The summed E-state index contributed by atoms with van der Waals surface area (Å²) in [5.74, 6) is 0.130. The highest BCUT2D eigenvalue weighted by Gasteiger charge is 2.23. The van der Waals surface area contributed by atoms with Crippen molar-refractivity contribution in [2.24, 2.45) is 5.92 Å². The summed E-state index contributed by atoms with van der Waals surface area (Å²) in [6.07, 6.45) is 0.0627. The van der Waals surface area contributed by atoms with Gasteiger partial charge in [0, 0.05) is 25.4 Å². The number of nitrogens with zero attached hydrogens (tertiary/aromatic N) is 1. The molecular formula is C16H31NO4. The van der Waals surface area contributed by atoms with Crippen LogP contribution in [0.1, 0.15) is 54.9 Å². The fraction of sp³-hybridized carbons (Fsp3) is 0.875. The van der Waals surface area contributed by atoms with E-state index >= 15 is 0 Å². The highest BCUT2D eigenvalue weighted by molar-refractivity contribution is 5.81. The van der Waals surface area contributed by atoms with Crippen molar-refractivity contribution in [3.63, 3.8) is 0 Å². The Morgan fingerprint density at radius 3 is 2.05 bits per heavy atom. The summed E-state index contributed by atoms with van der Waals surface area (Å²) in [7, 11) is 0. The minimum Gasteiger partial charge on any atom is -0.444 e. The molecule has 0 bridgehead atoms. The predicted molar refractivity (Wildman–Crippen MR) is 83.4 cm³/mol.